The van der Waals surface area contributed by atoms with E-state index in [-0.39, 0.29) is 0 Å². The second-order valence-corrected chi connectivity index (χ2v) is 11.1. The molecule has 0 fully saturated rings. The minimum absolute atomic E-state index is 0.719. The van der Waals surface area contributed by atoms with Crippen molar-refractivity contribution in [1.82, 2.24) is 0 Å². The van der Waals surface area contributed by atoms with Crippen molar-refractivity contribution in [3.63, 3.8) is 0 Å². The van der Waals surface area contributed by atoms with Gasteiger partial charge in [-0.15, -0.1) is 22.7 Å². The summed E-state index contributed by atoms with van der Waals surface area (Å²) in [7, 11) is 0. The van der Waals surface area contributed by atoms with Gasteiger partial charge in [0.2, 0.25) is 0 Å². The van der Waals surface area contributed by atoms with Gasteiger partial charge >= 0.3 is 0 Å². The Hall–Kier alpha value is -2.92. The van der Waals surface area contributed by atoms with Gasteiger partial charge in [-0.05, 0) is 83.0 Å². The molecule has 0 atom stereocenters. The third-order valence-corrected chi connectivity index (χ3v) is 8.22. The van der Waals surface area contributed by atoms with Crippen LogP contribution in [0.15, 0.2) is 47.2 Å². The number of hydrogen-bond donors (Lipinski definition) is 0. The van der Waals surface area contributed by atoms with E-state index in [1.165, 1.54) is 49.7 Å². The highest BCUT2D eigenvalue weighted by atomic mass is 32.1. The lowest BCUT2D eigenvalue weighted by Gasteiger charge is -2.15. The minimum Gasteiger partial charge on any atom is -0.192 e. The standard InChI is InChI=1S/C32H36N2S2/c1-3-5-7-9-13-25-19-28(22-30(24-34)32-16-12-18-36-32)26(14-10-8-6-4-2)20-27(25)21-29(23-33)31-15-11-17-35-31/h11-12,15-22H,3-10,13-14H2,1-2H3/b29-21+,30-22+. The predicted octanol–water partition coefficient (Wildman–Crippen LogP) is 10.2. The molecule has 1 aromatic carbocycles. The fraction of sp³-hybridized carbons (Fsp3) is 0.375. The number of hydrogen-bond acceptors (Lipinski definition) is 4. The van der Waals surface area contributed by atoms with Gasteiger partial charge in [0, 0.05) is 9.75 Å². The van der Waals surface area contributed by atoms with Crippen LogP contribution in [0.3, 0.4) is 0 Å². The molecule has 0 unspecified atom stereocenters. The van der Waals surface area contributed by atoms with Crippen LogP contribution in [0.1, 0.15) is 97.2 Å². The van der Waals surface area contributed by atoms with Gasteiger partial charge in [0.05, 0.1) is 11.1 Å². The second kappa shape index (κ2) is 15.2. The summed E-state index contributed by atoms with van der Waals surface area (Å²) in [5, 5.41) is 23.9. The normalized spacial score (nSPS) is 11.9. The molecule has 2 nitrogen and oxygen atoms in total. The number of thiophene rings is 2. The largest absolute Gasteiger partial charge is 0.192 e. The van der Waals surface area contributed by atoms with E-state index in [4.69, 9.17) is 0 Å². The zero-order chi connectivity index (χ0) is 25.6. The third kappa shape index (κ3) is 8.06. The van der Waals surface area contributed by atoms with Gasteiger partial charge < -0.3 is 0 Å². The molecule has 0 saturated carbocycles. The van der Waals surface area contributed by atoms with E-state index < -0.39 is 0 Å². The summed E-state index contributed by atoms with van der Waals surface area (Å²) in [6, 6.07) is 17.5. The van der Waals surface area contributed by atoms with Gasteiger partial charge in [0.15, 0.2) is 0 Å². The summed E-state index contributed by atoms with van der Waals surface area (Å²) in [5.41, 5.74) is 6.26. The van der Waals surface area contributed by atoms with Crippen molar-refractivity contribution in [2.45, 2.75) is 78.1 Å². The topological polar surface area (TPSA) is 47.6 Å². The Bertz CT molecular complexity index is 1120. The molecule has 0 bridgehead atoms. The molecule has 0 radical (unpaired) electrons. The van der Waals surface area contributed by atoms with Gasteiger partial charge in [-0.3, -0.25) is 0 Å². The number of aryl methyl sites for hydroxylation is 2. The van der Waals surface area contributed by atoms with Crippen LogP contribution in [0.5, 0.6) is 0 Å². The SMILES string of the molecule is CCCCCCc1cc(/C=C(\C#N)c2cccs2)c(CCCCCC)cc1/C=C(\C#N)c1cccs1. The lowest BCUT2D eigenvalue weighted by Crippen LogP contribution is -1.99. The van der Waals surface area contributed by atoms with E-state index in [0.717, 1.165) is 57.7 Å². The van der Waals surface area contributed by atoms with Crippen LogP contribution in [-0.4, -0.2) is 0 Å². The number of nitrogens with zero attached hydrogens (tertiary/aromatic N) is 2. The average molecular weight is 513 g/mol. The molecule has 0 aliphatic carbocycles. The maximum atomic E-state index is 9.92. The van der Waals surface area contributed by atoms with Crippen molar-refractivity contribution in [1.29, 1.82) is 10.5 Å². The molecule has 2 heterocycles. The molecule has 0 N–H and O–H groups in total. The lowest BCUT2D eigenvalue weighted by atomic mass is 9.90. The summed E-state index contributed by atoms with van der Waals surface area (Å²) < 4.78 is 0. The van der Waals surface area contributed by atoms with Crippen molar-refractivity contribution in [2.24, 2.45) is 0 Å². The molecular formula is C32H36N2S2. The molecule has 4 heteroatoms. The third-order valence-electron chi connectivity index (χ3n) is 6.41. The first-order valence-corrected chi connectivity index (χ1v) is 14.9. The quantitative estimate of drug-likeness (QED) is 0.159. The molecular weight excluding hydrogens is 477 g/mol. The molecule has 36 heavy (non-hydrogen) atoms. The highest BCUT2D eigenvalue weighted by Gasteiger charge is 2.12. The maximum Gasteiger partial charge on any atom is 0.101 e. The Morgan fingerprint density at radius 3 is 1.47 bits per heavy atom. The minimum atomic E-state index is 0.719. The van der Waals surface area contributed by atoms with Crippen LogP contribution in [0, 0.1) is 22.7 Å². The van der Waals surface area contributed by atoms with Crippen molar-refractivity contribution in [3.8, 4) is 12.1 Å². The van der Waals surface area contributed by atoms with Gasteiger partial charge in [-0.2, -0.15) is 10.5 Å². The van der Waals surface area contributed by atoms with E-state index in [9.17, 15) is 10.5 Å². The first-order chi connectivity index (χ1) is 17.7. The number of allylic oxidation sites excluding steroid dienone is 2. The number of rotatable bonds is 14. The van der Waals surface area contributed by atoms with Crippen LogP contribution in [0.2, 0.25) is 0 Å². The molecule has 0 saturated heterocycles. The first-order valence-electron chi connectivity index (χ1n) is 13.2. The molecule has 186 valence electrons. The zero-order valence-electron chi connectivity index (χ0n) is 21.6. The van der Waals surface area contributed by atoms with Crippen molar-refractivity contribution < 1.29 is 0 Å². The Morgan fingerprint density at radius 2 is 1.14 bits per heavy atom. The summed E-state index contributed by atoms with van der Waals surface area (Å²) in [6.45, 7) is 4.47. The Balaban J connectivity index is 2.09. The van der Waals surface area contributed by atoms with Crippen molar-refractivity contribution in [2.75, 3.05) is 0 Å². The lowest BCUT2D eigenvalue weighted by molar-refractivity contribution is 0.663. The fourth-order valence-electron chi connectivity index (χ4n) is 4.41. The monoisotopic (exact) mass is 512 g/mol. The molecule has 0 aliphatic rings. The number of unbranched alkanes of at least 4 members (excludes halogenated alkanes) is 6. The van der Waals surface area contributed by atoms with Gasteiger partial charge in [-0.25, -0.2) is 0 Å². The molecule has 3 aromatic rings. The molecule has 2 aromatic heterocycles. The summed E-state index contributed by atoms with van der Waals surface area (Å²) in [5.74, 6) is 0. The van der Waals surface area contributed by atoms with Gasteiger partial charge in [0.25, 0.3) is 0 Å². The van der Waals surface area contributed by atoms with E-state index in [0.29, 0.717) is 0 Å². The summed E-state index contributed by atoms with van der Waals surface area (Å²) in [4.78, 5) is 2.01. The predicted molar refractivity (Wildman–Crippen MR) is 158 cm³/mol. The van der Waals surface area contributed by atoms with Crippen LogP contribution >= 0.6 is 22.7 Å². The highest BCUT2D eigenvalue weighted by Crippen LogP contribution is 2.30. The van der Waals surface area contributed by atoms with E-state index in [1.54, 1.807) is 22.7 Å². The Labute approximate surface area is 225 Å². The Kier molecular flexibility index (Phi) is 11.7. The van der Waals surface area contributed by atoms with Crippen LogP contribution in [0.4, 0.5) is 0 Å². The summed E-state index contributed by atoms with van der Waals surface area (Å²) in [6.07, 6.45) is 15.7. The Morgan fingerprint density at radius 1 is 0.694 bits per heavy atom. The number of benzene rings is 1. The van der Waals surface area contributed by atoms with Crippen molar-refractivity contribution >= 4 is 46.0 Å². The maximum absolute atomic E-state index is 9.92. The van der Waals surface area contributed by atoms with Crippen LogP contribution in [-0.2, 0) is 12.8 Å². The average Bonchev–Trinajstić information content (AvgIpc) is 3.62. The number of nitriles is 2. The smallest absolute Gasteiger partial charge is 0.101 e. The van der Waals surface area contributed by atoms with Crippen LogP contribution in [0.25, 0.3) is 23.3 Å². The molecule has 0 spiro atoms. The van der Waals surface area contributed by atoms with Gasteiger partial charge in [0.1, 0.15) is 12.1 Å². The molecule has 0 aliphatic heterocycles. The molecule has 3 rings (SSSR count). The first kappa shape index (κ1) is 27.7. The van der Waals surface area contributed by atoms with Crippen LogP contribution < -0.4 is 0 Å². The highest BCUT2D eigenvalue weighted by molar-refractivity contribution is 7.11. The summed E-state index contributed by atoms with van der Waals surface area (Å²) >= 11 is 3.21. The van der Waals surface area contributed by atoms with E-state index in [2.05, 4.69) is 50.3 Å². The van der Waals surface area contributed by atoms with Crippen molar-refractivity contribution in [3.05, 3.63) is 79.2 Å². The van der Waals surface area contributed by atoms with E-state index in [1.807, 2.05) is 35.0 Å². The molecule has 0 amide bonds. The fourth-order valence-corrected chi connectivity index (χ4v) is 5.79. The second-order valence-electron chi connectivity index (χ2n) is 9.17. The van der Waals surface area contributed by atoms with E-state index >= 15 is 0 Å². The zero-order valence-corrected chi connectivity index (χ0v) is 23.2. The van der Waals surface area contributed by atoms with Gasteiger partial charge in [-0.1, -0.05) is 76.6 Å².